The summed E-state index contributed by atoms with van der Waals surface area (Å²) in [5, 5.41) is 7.94. The Balaban J connectivity index is 2.48. The van der Waals surface area contributed by atoms with E-state index in [9.17, 15) is 9.59 Å². The fourth-order valence-electron chi connectivity index (χ4n) is 1.32. The number of carbonyl (C=O) groups is 2. The maximum Gasteiger partial charge on any atom is 0.323 e. The van der Waals surface area contributed by atoms with Gasteiger partial charge in [0.05, 0.1) is 0 Å². The van der Waals surface area contributed by atoms with Crippen LogP contribution in [0.2, 0.25) is 0 Å². The van der Waals surface area contributed by atoms with Gasteiger partial charge >= 0.3 is 6.03 Å². The zero-order chi connectivity index (χ0) is 14.3. The second-order valence-corrected chi connectivity index (χ2v) is 4.46. The van der Waals surface area contributed by atoms with Crippen LogP contribution in [0.3, 0.4) is 0 Å². The van der Waals surface area contributed by atoms with Crippen molar-refractivity contribution in [3.8, 4) is 0 Å². The number of carbonyl (C=O) groups excluding carboxylic acids is 2. The highest BCUT2D eigenvalue weighted by Gasteiger charge is 2.00. The minimum absolute atomic E-state index is 0.128. The molecule has 0 atom stereocenters. The number of rotatable bonds is 4. The normalized spacial score (nSPS) is 10.5. The summed E-state index contributed by atoms with van der Waals surface area (Å²) in [6.45, 7) is 5.49. The highest BCUT2D eigenvalue weighted by molar-refractivity contribution is 5.91. The van der Waals surface area contributed by atoms with Crippen molar-refractivity contribution in [2.45, 2.75) is 20.8 Å². The molecule has 0 heterocycles. The van der Waals surface area contributed by atoms with Crippen LogP contribution in [0.15, 0.2) is 36.5 Å². The van der Waals surface area contributed by atoms with Crippen molar-refractivity contribution in [2.24, 2.45) is 5.92 Å². The first-order valence-electron chi connectivity index (χ1n) is 6.09. The Kier molecular flexibility index (Phi) is 5.60. The first-order valence-corrected chi connectivity index (χ1v) is 6.09. The van der Waals surface area contributed by atoms with Crippen molar-refractivity contribution in [2.75, 3.05) is 10.6 Å². The molecule has 0 spiro atoms. The fraction of sp³-hybridized carbons (Fsp3) is 0.286. The summed E-state index contributed by atoms with van der Waals surface area (Å²) in [4.78, 5) is 22.4. The van der Waals surface area contributed by atoms with Gasteiger partial charge in [-0.3, -0.25) is 4.79 Å². The van der Waals surface area contributed by atoms with Gasteiger partial charge in [0.15, 0.2) is 0 Å². The molecule has 0 saturated carbocycles. The molecule has 102 valence electrons. The van der Waals surface area contributed by atoms with E-state index in [0.29, 0.717) is 17.3 Å². The van der Waals surface area contributed by atoms with Crippen LogP contribution in [0.1, 0.15) is 20.8 Å². The molecule has 3 amide bonds. The number of anilines is 2. The highest BCUT2D eigenvalue weighted by atomic mass is 16.2. The van der Waals surface area contributed by atoms with E-state index in [1.165, 1.54) is 6.92 Å². The predicted octanol–water partition coefficient (Wildman–Crippen LogP) is 2.94. The SMILES string of the molecule is CC(=O)Nc1ccc(NC(=O)N/C=C/C(C)C)cc1. The molecule has 0 radical (unpaired) electrons. The molecule has 1 rings (SSSR count). The molecule has 0 aliphatic heterocycles. The monoisotopic (exact) mass is 261 g/mol. The van der Waals surface area contributed by atoms with Crippen molar-refractivity contribution < 1.29 is 9.59 Å². The van der Waals surface area contributed by atoms with Gasteiger partial charge in [0.2, 0.25) is 5.91 Å². The molecule has 0 bridgehead atoms. The van der Waals surface area contributed by atoms with Gasteiger partial charge in [-0.05, 0) is 30.2 Å². The Labute approximate surface area is 113 Å². The van der Waals surface area contributed by atoms with Gasteiger partial charge in [-0.25, -0.2) is 4.79 Å². The summed E-state index contributed by atoms with van der Waals surface area (Å²) in [5.41, 5.74) is 1.35. The van der Waals surface area contributed by atoms with Crippen LogP contribution < -0.4 is 16.0 Å². The van der Waals surface area contributed by atoms with E-state index in [0.717, 1.165) is 0 Å². The average Bonchev–Trinajstić information content (AvgIpc) is 2.30. The minimum atomic E-state index is -0.302. The van der Waals surface area contributed by atoms with Gasteiger partial charge in [0.25, 0.3) is 0 Å². The third kappa shape index (κ3) is 6.26. The van der Waals surface area contributed by atoms with E-state index in [2.05, 4.69) is 16.0 Å². The Morgan fingerprint density at radius 3 is 2.05 bits per heavy atom. The van der Waals surface area contributed by atoms with E-state index >= 15 is 0 Å². The van der Waals surface area contributed by atoms with Gasteiger partial charge < -0.3 is 16.0 Å². The summed E-state index contributed by atoms with van der Waals surface area (Å²) in [5.74, 6) is 0.259. The lowest BCUT2D eigenvalue weighted by Crippen LogP contribution is -2.23. The van der Waals surface area contributed by atoms with Crippen molar-refractivity contribution in [3.05, 3.63) is 36.5 Å². The molecule has 19 heavy (non-hydrogen) atoms. The Bertz CT molecular complexity index is 464. The fourth-order valence-corrected chi connectivity index (χ4v) is 1.32. The second kappa shape index (κ2) is 7.20. The second-order valence-electron chi connectivity index (χ2n) is 4.46. The Morgan fingerprint density at radius 1 is 1.05 bits per heavy atom. The average molecular weight is 261 g/mol. The summed E-state index contributed by atoms with van der Waals surface area (Å²) < 4.78 is 0. The molecule has 1 aromatic carbocycles. The van der Waals surface area contributed by atoms with Crippen LogP contribution in [0, 0.1) is 5.92 Å². The number of hydrogen-bond acceptors (Lipinski definition) is 2. The topological polar surface area (TPSA) is 70.2 Å². The molecule has 1 aromatic rings. The highest BCUT2D eigenvalue weighted by Crippen LogP contribution is 2.13. The molecule has 0 aromatic heterocycles. The van der Waals surface area contributed by atoms with Crippen molar-refractivity contribution >= 4 is 23.3 Å². The zero-order valence-electron chi connectivity index (χ0n) is 11.4. The molecule has 0 fully saturated rings. The lowest BCUT2D eigenvalue weighted by Gasteiger charge is -2.06. The maximum absolute atomic E-state index is 11.5. The minimum Gasteiger partial charge on any atom is -0.326 e. The van der Waals surface area contributed by atoms with Crippen LogP contribution in [-0.2, 0) is 4.79 Å². The maximum atomic E-state index is 11.5. The molecule has 0 aliphatic carbocycles. The van der Waals surface area contributed by atoms with Gasteiger partial charge in [-0.2, -0.15) is 0 Å². The number of benzene rings is 1. The Hall–Kier alpha value is -2.30. The van der Waals surface area contributed by atoms with E-state index in [1.807, 2.05) is 19.9 Å². The van der Waals surface area contributed by atoms with Gasteiger partial charge in [-0.1, -0.05) is 19.9 Å². The number of urea groups is 1. The van der Waals surface area contributed by atoms with Crippen LogP contribution in [-0.4, -0.2) is 11.9 Å². The van der Waals surface area contributed by atoms with E-state index < -0.39 is 0 Å². The number of hydrogen-bond donors (Lipinski definition) is 3. The predicted molar refractivity (Wildman–Crippen MR) is 76.9 cm³/mol. The molecule has 0 saturated heterocycles. The third-order valence-electron chi connectivity index (χ3n) is 2.16. The van der Waals surface area contributed by atoms with Crippen LogP contribution in [0.4, 0.5) is 16.2 Å². The van der Waals surface area contributed by atoms with Crippen LogP contribution in [0.25, 0.3) is 0 Å². The molecule has 0 aliphatic rings. The third-order valence-corrected chi connectivity index (χ3v) is 2.16. The van der Waals surface area contributed by atoms with Crippen molar-refractivity contribution in [1.82, 2.24) is 5.32 Å². The number of nitrogens with one attached hydrogen (secondary N) is 3. The van der Waals surface area contributed by atoms with Crippen LogP contribution in [0.5, 0.6) is 0 Å². The molecular weight excluding hydrogens is 242 g/mol. The Morgan fingerprint density at radius 2 is 1.58 bits per heavy atom. The summed E-state index contributed by atoms with van der Waals surface area (Å²) >= 11 is 0. The molecule has 3 N–H and O–H groups in total. The van der Waals surface area contributed by atoms with E-state index in [4.69, 9.17) is 0 Å². The quantitative estimate of drug-likeness (QED) is 0.780. The number of amides is 3. The van der Waals surface area contributed by atoms with Crippen molar-refractivity contribution in [3.63, 3.8) is 0 Å². The standard InChI is InChI=1S/C14H19N3O2/c1-10(2)8-9-15-14(19)17-13-6-4-12(5-7-13)16-11(3)18/h4-10H,1-3H3,(H,16,18)(H2,15,17,19)/b9-8+. The van der Waals surface area contributed by atoms with Gasteiger partial charge in [0, 0.05) is 24.5 Å². The molecule has 5 nitrogen and oxygen atoms in total. The molecule has 0 unspecified atom stereocenters. The largest absolute Gasteiger partial charge is 0.326 e. The first-order chi connectivity index (χ1) is 8.97. The van der Waals surface area contributed by atoms with E-state index in [-0.39, 0.29) is 11.9 Å². The summed E-state index contributed by atoms with van der Waals surface area (Å²) in [7, 11) is 0. The lowest BCUT2D eigenvalue weighted by molar-refractivity contribution is -0.114. The zero-order valence-corrected chi connectivity index (χ0v) is 11.4. The number of allylic oxidation sites excluding steroid dienone is 1. The molecular formula is C14H19N3O2. The summed E-state index contributed by atoms with van der Waals surface area (Å²) in [6.07, 6.45) is 3.51. The smallest absolute Gasteiger partial charge is 0.323 e. The lowest BCUT2D eigenvalue weighted by atomic mass is 10.2. The first kappa shape index (κ1) is 14.8. The van der Waals surface area contributed by atoms with Gasteiger partial charge in [0.1, 0.15) is 0 Å². The molecule has 5 heteroatoms. The van der Waals surface area contributed by atoms with E-state index in [1.54, 1.807) is 30.5 Å². The van der Waals surface area contributed by atoms with Crippen molar-refractivity contribution in [1.29, 1.82) is 0 Å². The van der Waals surface area contributed by atoms with Gasteiger partial charge in [-0.15, -0.1) is 0 Å². The van der Waals surface area contributed by atoms with Crippen LogP contribution >= 0.6 is 0 Å². The summed E-state index contributed by atoms with van der Waals surface area (Å²) in [6, 6.07) is 6.58.